The Morgan fingerprint density at radius 3 is 2.86 bits per heavy atom. The summed E-state index contributed by atoms with van der Waals surface area (Å²) < 4.78 is 4.66. The van der Waals surface area contributed by atoms with E-state index >= 15 is 0 Å². The topological polar surface area (TPSA) is 38.3 Å². The molecular formula is C9H9Cl2NO2. The first kappa shape index (κ1) is 11.3. The van der Waals surface area contributed by atoms with Gasteiger partial charge in [-0.15, -0.1) is 0 Å². The lowest BCUT2D eigenvalue weighted by Crippen LogP contribution is -2.17. The van der Waals surface area contributed by atoms with Crippen LogP contribution in [0.25, 0.3) is 0 Å². The van der Waals surface area contributed by atoms with Crippen LogP contribution < -0.4 is 5.32 Å². The summed E-state index contributed by atoms with van der Waals surface area (Å²) in [5.74, 6) is -0.267. The Morgan fingerprint density at radius 2 is 2.21 bits per heavy atom. The highest BCUT2D eigenvalue weighted by Crippen LogP contribution is 2.29. The molecule has 1 aromatic carbocycles. The summed E-state index contributed by atoms with van der Waals surface area (Å²) in [7, 11) is 1.44. The van der Waals surface area contributed by atoms with Crippen LogP contribution in [0.2, 0.25) is 10.0 Å². The van der Waals surface area contributed by atoms with Crippen molar-refractivity contribution < 1.29 is 9.53 Å². The minimum Gasteiger partial charge on any atom is -0.375 e. The lowest BCUT2D eigenvalue weighted by atomic mass is 10.3. The Morgan fingerprint density at radius 1 is 1.50 bits per heavy atom. The first-order chi connectivity index (χ1) is 6.65. The molecule has 0 aromatic heterocycles. The maximum Gasteiger partial charge on any atom is 0.250 e. The number of benzene rings is 1. The lowest BCUT2D eigenvalue weighted by Gasteiger charge is -2.06. The van der Waals surface area contributed by atoms with Gasteiger partial charge in [-0.05, 0) is 12.1 Å². The highest BCUT2D eigenvalue weighted by molar-refractivity contribution is 6.43. The predicted octanol–water partition coefficient (Wildman–Crippen LogP) is 2.58. The van der Waals surface area contributed by atoms with E-state index in [0.717, 1.165) is 0 Å². The van der Waals surface area contributed by atoms with Crippen LogP contribution in [-0.2, 0) is 9.53 Å². The minimum atomic E-state index is -0.267. The van der Waals surface area contributed by atoms with Gasteiger partial charge in [0, 0.05) is 7.11 Å². The fraction of sp³-hybridized carbons (Fsp3) is 0.222. The molecule has 0 heterocycles. The number of carbonyl (C=O) groups excluding carboxylic acids is 1. The maximum atomic E-state index is 11.1. The zero-order valence-corrected chi connectivity index (χ0v) is 9.02. The molecule has 0 unspecified atom stereocenters. The second-order valence-corrected chi connectivity index (χ2v) is 3.37. The lowest BCUT2D eigenvalue weighted by molar-refractivity contribution is -0.119. The summed E-state index contributed by atoms with van der Waals surface area (Å²) in [5.41, 5.74) is 0.487. The highest BCUT2D eigenvalue weighted by Gasteiger charge is 2.07. The Hall–Kier alpha value is -0.770. The average Bonchev–Trinajstić information content (AvgIpc) is 2.13. The largest absolute Gasteiger partial charge is 0.375 e. The third-order valence-corrected chi connectivity index (χ3v) is 2.32. The molecule has 0 saturated carbocycles. The quantitative estimate of drug-likeness (QED) is 0.872. The molecule has 0 aliphatic carbocycles. The van der Waals surface area contributed by atoms with Gasteiger partial charge in [0.05, 0.1) is 15.7 Å². The molecular weight excluding hydrogens is 225 g/mol. The van der Waals surface area contributed by atoms with E-state index in [1.807, 2.05) is 0 Å². The number of carbonyl (C=O) groups is 1. The predicted molar refractivity (Wildman–Crippen MR) is 57.0 cm³/mol. The van der Waals surface area contributed by atoms with E-state index in [4.69, 9.17) is 23.2 Å². The summed E-state index contributed by atoms with van der Waals surface area (Å²) in [4.78, 5) is 11.1. The van der Waals surface area contributed by atoms with E-state index in [1.54, 1.807) is 18.2 Å². The molecule has 0 radical (unpaired) electrons. The van der Waals surface area contributed by atoms with Crippen LogP contribution in [0, 0.1) is 0 Å². The van der Waals surface area contributed by atoms with Gasteiger partial charge in [0.2, 0.25) is 5.91 Å². The van der Waals surface area contributed by atoms with Gasteiger partial charge >= 0.3 is 0 Å². The fourth-order valence-corrected chi connectivity index (χ4v) is 1.27. The second-order valence-electron chi connectivity index (χ2n) is 2.58. The number of amides is 1. The standard InChI is InChI=1S/C9H9Cl2NO2/c1-14-5-8(13)12-7-4-2-3-6(10)9(7)11/h2-4H,5H2,1H3,(H,12,13). The molecule has 0 fully saturated rings. The van der Waals surface area contributed by atoms with Crippen LogP contribution in [0.3, 0.4) is 0 Å². The van der Waals surface area contributed by atoms with Gasteiger partial charge in [0.15, 0.2) is 0 Å². The molecule has 76 valence electrons. The number of hydrogen-bond acceptors (Lipinski definition) is 2. The van der Waals surface area contributed by atoms with Gasteiger partial charge in [-0.3, -0.25) is 4.79 Å². The zero-order valence-electron chi connectivity index (χ0n) is 7.51. The molecule has 1 N–H and O–H groups in total. The molecule has 3 nitrogen and oxygen atoms in total. The summed E-state index contributed by atoms with van der Waals surface area (Å²) in [6, 6.07) is 5.02. The number of halogens is 2. The number of nitrogens with one attached hydrogen (secondary N) is 1. The SMILES string of the molecule is COCC(=O)Nc1cccc(Cl)c1Cl. The Balaban J connectivity index is 2.76. The first-order valence-electron chi connectivity index (χ1n) is 3.88. The third kappa shape index (κ3) is 2.87. The van der Waals surface area contributed by atoms with Crippen molar-refractivity contribution in [3.8, 4) is 0 Å². The normalized spacial score (nSPS) is 9.93. The van der Waals surface area contributed by atoms with Crippen molar-refractivity contribution in [1.29, 1.82) is 0 Å². The Bertz CT molecular complexity index is 342. The Labute approximate surface area is 92.0 Å². The van der Waals surface area contributed by atoms with E-state index in [2.05, 4.69) is 10.1 Å². The maximum absolute atomic E-state index is 11.1. The summed E-state index contributed by atoms with van der Waals surface area (Å²) in [6.07, 6.45) is 0. The van der Waals surface area contributed by atoms with Crippen molar-refractivity contribution in [2.24, 2.45) is 0 Å². The van der Waals surface area contributed by atoms with Crippen LogP contribution in [0.4, 0.5) is 5.69 Å². The van der Waals surface area contributed by atoms with Gasteiger partial charge in [-0.2, -0.15) is 0 Å². The molecule has 0 bridgehead atoms. The van der Waals surface area contributed by atoms with Crippen LogP contribution in [-0.4, -0.2) is 19.6 Å². The monoisotopic (exact) mass is 233 g/mol. The van der Waals surface area contributed by atoms with E-state index < -0.39 is 0 Å². The smallest absolute Gasteiger partial charge is 0.250 e. The van der Waals surface area contributed by atoms with Crippen LogP contribution in [0.1, 0.15) is 0 Å². The van der Waals surface area contributed by atoms with Crippen molar-refractivity contribution in [3.05, 3.63) is 28.2 Å². The van der Waals surface area contributed by atoms with E-state index in [-0.39, 0.29) is 12.5 Å². The number of ether oxygens (including phenoxy) is 1. The van der Waals surface area contributed by atoms with Crippen molar-refractivity contribution in [2.45, 2.75) is 0 Å². The zero-order chi connectivity index (χ0) is 10.6. The molecule has 5 heteroatoms. The molecule has 0 saturated heterocycles. The van der Waals surface area contributed by atoms with Crippen molar-refractivity contribution in [2.75, 3.05) is 19.0 Å². The van der Waals surface area contributed by atoms with Gasteiger partial charge in [0.1, 0.15) is 6.61 Å². The summed E-state index contributed by atoms with van der Waals surface area (Å²) in [5, 5.41) is 3.31. The van der Waals surface area contributed by atoms with Crippen LogP contribution in [0.15, 0.2) is 18.2 Å². The second kappa shape index (κ2) is 5.20. The Kier molecular flexibility index (Phi) is 4.20. The van der Waals surface area contributed by atoms with E-state index in [9.17, 15) is 4.79 Å². The molecule has 14 heavy (non-hydrogen) atoms. The molecule has 1 amide bonds. The number of methoxy groups -OCH3 is 1. The minimum absolute atomic E-state index is 0.0111. The highest BCUT2D eigenvalue weighted by atomic mass is 35.5. The molecule has 0 atom stereocenters. The van der Waals surface area contributed by atoms with Crippen molar-refractivity contribution >= 4 is 34.8 Å². The first-order valence-corrected chi connectivity index (χ1v) is 4.63. The van der Waals surface area contributed by atoms with Crippen molar-refractivity contribution in [1.82, 2.24) is 0 Å². The number of anilines is 1. The number of rotatable bonds is 3. The van der Waals surface area contributed by atoms with Crippen LogP contribution in [0.5, 0.6) is 0 Å². The van der Waals surface area contributed by atoms with Gasteiger partial charge in [0.25, 0.3) is 0 Å². The van der Waals surface area contributed by atoms with Crippen molar-refractivity contribution in [3.63, 3.8) is 0 Å². The molecule has 0 aliphatic rings. The molecule has 0 spiro atoms. The summed E-state index contributed by atoms with van der Waals surface area (Å²) >= 11 is 11.6. The van der Waals surface area contributed by atoms with Gasteiger partial charge in [-0.1, -0.05) is 29.3 Å². The molecule has 0 aliphatic heterocycles. The summed E-state index contributed by atoms with van der Waals surface area (Å²) in [6.45, 7) is -0.0111. The van der Waals surface area contributed by atoms with Crippen LogP contribution >= 0.6 is 23.2 Å². The fourth-order valence-electron chi connectivity index (χ4n) is 0.918. The van der Waals surface area contributed by atoms with E-state index in [1.165, 1.54) is 7.11 Å². The molecule has 1 rings (SSSR count). The van der Waals surface area contributed by atoms with E-state index in [0.29, 0.717) is 15.7 Å². The average molecular weight is 234 g/mol. The number of hydrogen-bond donors (Lipinski definition) is 1. The van der Waals surface area contributed by atoms with Gasteiger partial charge in [-0.25, -0.2) is 0 Å². The van der Waals surface area contributed by atoms with Gasteiger partial charge < -0.3 is 10.1 Å². The third-order valence-electron chi connectivity index (χ3n) is 1.50. The molecule has 1 aromatic rings.